The van der Waals surface area contributed by atoms with Crippen LogP contribution in [0.1, 0.15) is 23.1 Å². The molecule has 3 amide bonds. The topological polar surface area (TPSA) is 67.9 Å². The molecule has 1 N–H and O–H groups in total. The number of halogens is 1. The molecule has 2 aliphatic rings. The summed E-state index contributed by atoms with van der Waals surface area (Å²) >= 11 is 3.51. The summed E-state index contributed by atoms with van der Waals surface area (Å²) in [6.07, 6.45) is 1.91. The number of urea groups is 1. The number of fused-ring (bicyclic) bond motifs is 1. The maximum Gasteiger partial charge on any atom is 0.325 e. The van der Waals surface area contributed by atoms with E-state index in [1.165, 1.54) is 10.5 Å². The third-order valence-corrected chi connectivity index (χ3v) is 6.44. The highest BCUT2D eigenvalue weighted by molar-refractivity contribution is 9.10. The van der Waals surface area contributed by atoms with E-state index in [4.69, 9.17) is 9.47 Å². The van der Waals surface area contributed by atoms with Crippen molar-refractivity contribution in [2.75, 3.05) is 14.2 Å². The van der Waals surface area contributed by atoms with Crippen LogP contribution in [0.3, 0.4) is 0 Å². The fourth-order valence-corrected chi connectivity index (χ4v) is 4.68. The van der Waals surface area contributed by atoms with E-state index in [-0.39, 0.29) is 18.5 Å². The number of aryl methyl sites for hydroxylation is 1. The SMILES string of the molecule is COc1ccc(CN2C(=O)NC3(CCc4ccccc4C3)C2=O)c(Br)c1OC. The van der Waals surface area contributed by atoms with E-state index in [1.54, 1.807) is 20.3 Å². The van der Waals surface area contributed by atoms with Gasteiger partial charge in [-0.1, -0.05) is 30.3 Å². The lowest BCUT2D eigenvalue weighted by molar-refractivity contribution is -0.132. The highest BCUT2D eigenvalue weighted by Crippen LogP contribution is 2.39. The van der Waals surface area contributed by atoms with E-state index in [2.05, 4.69) is 27.3 Å². The van der Waals surface area contributed by atoms with Gasteiger partial charge in [0.05, 0.1) is 25.2 Å². The minimum atomic E-state index is -0.853. The Labute approximate surface area is 171 Å². The van der Waals surface area contributed by atoms with Crippen LogP contribution in [0, 0.1) is 0 Å². The zero-order chi connectivity index (χ0) is 19.9. The molecule has 1 fully saturated rings. The third-order valence-electron chi connectivity index (χ3n) is 5.57. The molecular formula is C21H21BrN2O4. The first-order valence-corrected chi connectivity index (χ1v) is 9.88. The number of carbonyl (C=O) groups is 2. The number of amides is 3. The van der Waals surface area contributed by atoms with Crippen molar-refractivity contribution in [2.45, 2.75) is 31.3 Å². The predicted octanol–water partition coefficient (Wildman–Crippen LogP) is 3.45. The number of hydrogen-bond donors (Lipinski definition) is 1. The van der Waals surface area contributed by atoms with Crippen molar-refractivity contribution >= 4 is 27.9 Å². The van der Waals surface area contributed by atoms with Crippen molar-refractivity contribution < 1.29 is 19.1 Å². The van der Waals surface area contributed by atoms with Gasteiger partial charge in [-0.3, -0.25) is 9.69 Å². The fraction of sp³-hybridized carbons (Fsp3) is 0.333. The van der Waals surface area contributed by atoms with Gasteiger partial charge in [0.15, 0.2) is 11.5 Å². The van der Waals surface area contributed by atoms with Gasteiger partial charge in [-0.15, -0.1) is 0 Å². The van der Waals surface area contributed by atoms with Crippen LogP contribution >= 0.6 is 15.9 Å². The summed E-state index contributed by atoms with van der Waals surface area (Å²) in [5.41, 5.74) is 2.29. The van der Waals surface area contributed by atoms with Crippen molar-refractivity contribution in [3.05, 3.63) is 57.6 Å². The van der Waals surface area contributed by atoms with Crippen molar-refractivity contribution in [3.63, 3.8) is 0 Å². The molecule has 0 saturated carbocycles. The summed E-state index contributed by atoms with van der Waals surface area (Å²) in [7, 11) is 3.11. The molecule has 0 bridgehead atoms. The number of hydrogen-bond acceptors (Lipinski definition) is 4. The largest absolute Gasteiger partial charge is 0.493 e. The minimum Gasteiger partial charge on any atom is -0.493 e. The summed E-state index contributed by atoms with van der Waals surface area (Å²) in [6.45, 7) is 0.162. The second kappa shape index (κ2) is 7.13. The van der Waals surface area contributed by atoms with Crippen LogP contribution in [0.25, 0.3) is 0 Å². The highest BCUT2D eigenvalue weighted by atomic mass is 79.9. The van der Waals surface area contributed by atoms with Crippen molar-refractivity contribution in [1.82, 2.24) is 10.2 Å². The van der Waals surface area contributed by atoms with E-state index >= 15 is 0 Å². The molecule has 1 aliphatic carbocycles. The van der Waals surface area contributed by atoms with Crippen LogP contribution in [0.5, 0.6) is 11.5 Å². The molecule has 4 rings (SSSR count). The van der Waals surface area contributed by atoms with Crippen LogP contribution < -0.4 is 14.8 Å². The molecule has 1 atom stereocenters. The zero-order valence-corrected chi connectivity index (χ0v) is 17.3. The van der Waals surface area contributed by atoms with Gasteiger partial charge in [-0.25, -0.2) is 4.79 Å². The van der Waals surface area contributed by atoms with Gasteiger partial charge < -0.3 is 14.8 Å². The van der Waals surface area contributed by atoms with Crippen LogP contribution in [0.4, 0.5) is 4.79 Å². The molecule has 1 aliphatic heterocycles. The van der Waals surface area contributed by atoms with E-state index < -0.39 is 5.54 Å². The van der Waals surface area contributed by atoms with Crippen LogP contribution in [-0.2, 0) is 24.2 Å². The van der Waals surface area contributed by atoms with Gasteiger partial charge in [0.25, 0.3) is 5.91 Å². The molecule has 1 saturated heterocycles. The Hall–Kier alpha value is -2.54. The smallest absolute Gasteiger partial charge is 0.325 e. The molecule has 0 radical (unpaired) electrons. The van der Waals surface area contributed by atoms with E-state index in [0.29, 0.717) is 28.8 Å². The van der Waals surface area contributed by atoms with E-state index in [0.717, 1.165) is 17.5 Å². The number of carbonyl (C=O) groups excluding carboxylic acids is 2. The lowest BCUT2D eigenvalue weighted by Gasteiger charge is -2.32. The molecule has 28 heavy (non-hydrogen) atoms. The average molecular weight is 445 g/mol. The van der Waals surface area contributed by atoms with E-state index in [9.17, 15) is 9.59 Å². The maximum absolute atomic E-state index is 13.3. The Morgan fingerprint density at radius 3 is 2.57 bits per heavy atom. The highest BCUT2D eigenvalue weighted by Gasteiger charge is 2.52. The first-order chi connectivity index (χ1) is 13.5. The molecule has 7 heteroatoms. The van der Waals surface area contributed by atoms with Gasteiger partial charge in [-0.2, -0.15) is 0 Å². The van der Waals surface area contributed by atoms with Gasteiger partial charge in [-0.05, 0) is 51.5 Å². The Bertz CT molecular complexity index is 961. The normalized spacial score (nSPS) is 20.9. The van der Waals surface area contributed by atoms with Crippen molar-refractivity contribution in [3.8, 4) is 11.5 Å². The monoisotopic (exact) mass is 444 g/mol. The fourth-order valence-electron chi connectivity index (χ4n) is 4.07. The summed E-state index contributed by atoms with van der Waals surface area (Å²) in [6, 6.07) is 11.3. The first kappa shape index (κ1) is 18.8. The Morgan fingerprint density at radius 2 is 1.86 bits per heavy atom. The molecule has 1 unspecified atom stereocenters. The number of imide groups is 1. The second-order valence-electron chi connectivity index (χ2n) is 7.12. The quantitative estimate of drug-likeness (QED) is 0.733. The maximum atomic E-state index is 13.3. The lowest BCUT2D eigenvalue weighted by atomic mass is 9.78. The van der Waals surface area contributed by atoms with Gasteiger partial charge in [0.2, 0.25) is 0 Å². The average Bonchev–Trinajstić information content (AvgIpc) is 2.92. The van der Waals surface area contributed by atoms with Crippen molar-refractivity contribution in [2.24, 2.45) is 0 Å². The van der Waals surface area contributed by atoms with E-state index in [1.807, 2.05) is 24.3 Å². The third kappa shape index (κ3) is 2.94. The Balaban J connectivity index is 1.61. The molecular weight excluding hydrogens is 424 g/mol. The first-order valence-electron chi connectivity index (χ1n) is 9.09. The number of methoxy groups -OCH3 is 2. The molecule has 2 aromatic rings. The summed E-state index contributed by atoms with van der Waals surface area (Å²) in [4.78, 5) is 27.2. The molecule has 1 spiro atoms. The summed E-state index contributed by atoms with van der Waals surface area (Å²) in [5, 5.41) is 2.97. The molecule has 6 nitrogen and oxygen atoms in total. The number of benzene rings is 2. The van der Waals surface area contributed by atoms with Crippen molar-refractivity contribution in [1.29, 1.82) is 0 Å². The van der Waals surface area contributed by atoms with Gasteiger partial charge >= 0.3 is 6.03 Å². The number of nitrogens with one attached hydrogen (secondary N) is 1. The Kier molecular flexibility index (Phi) is 4.79. The number of ether oxygens (including phenoxy) is 2. The molecule has 1 heterocycles. The molecule has 2 aromatic carbocycles. The van der Waals surface area contributed by atoms with Crippen LogP contribution in [0.15, 0.2) is 40.9 Å². The number of rotatable bonds is 4. The minimum absolute atomic E-state index is 0.162. The van der Waals surface area contributed by atoms with Crippen LogP contribution in [0.2, 0.25) is 0 Å². The van der Waals surface area contributed by atoms with Gasteiger partial charge in [0.1, 0.15) is 5.54 Å². The summed E-state index contributed by atoms with van der Waals surface area (Å²) in [5.74, 6) is 0.942. The molecule has 0 aromatic heterocycles. The zero-order valence-electron chi connectivity index (χ0n) is 15.8. The number of nitrogens with zero attached hydrogens (tertiary/aromatic N) is 1. The lowest BCUT2D eigenvalue weighted by Crippen LogP contribution is -2.51. The summed E-state index contributed by atoms with van der Waals surface area (Å²) < 4.78 is 11.4. The van der Waals surface area contributed by atoms with Crippen LogP contribution in [-0.4, -0.2) is 36.6 Å². The predicted molar refractivity (Wildman–Crippen MR) is 108 cm³/mol. The standard InChI is InChI=1S/C21H21BrN2O4/c1-27-16-8-7-15(17(22)18(16)28-2)12-24-19(25)21(23-20(24)26)10-9-13-5-3-4-6-14(13)11-21/h3-8H,9-12H2,1-2H3,(H,23,26). The van der Waals surface area contributed by atoms with Gasteiger partial charge in [0, 0.05) is 6.42 Å². The molecule has 146 valence electrons. The Morgan fingerprint density at radius 1 is 1.11 bits per heavy atom. The second-order valence-corrected chi connectivity index (χ2v) is 7.92.